The maximum absolute atomic E-state index is 12.0. The predicted octanol–water partition coefficient (Wildman–Crippen LogP) is 2.23. The van der Waals surface area contributed by atoms with Crippen molar-refractivity contribution < 1.29 is 29.1 Å². The number of amides is 1. The standard InChI is InChI=1S/C16H24N2O7Si/c1-24-15(20)14(19)13(11-5-7-12(8-6-11)18(22)23)17-16(21)25-9-10-26(2,3)4/h5-8,13-14,19H,9-10H2,1-4H3,(H,17,21)/t13-,14+/m1/s1. The summed E-state index contributed by atoms with van der Waals surface area (Å²) in [7, 11) is -0.281. The number of ether oxygens (including phenoxy) is 2. The van der Waals surface area contributed by atoms with Gasteiger partial charge >= 0.3 is 12.1 Å². The lowest BCUT2D eigenvalue weighted by molar-refractivity contribution is -0.384. The van der Waals surface area contributed by atoms with E-state index in [1.165, 1.54) is 24.3 Å². The van der Waals surface area contributed by atoms with Crippen LogP contribution in [-0.2, 0) is 14.3 Å². The first-order valence-electron chi connectivity index (χ1n) is 7.98. The smallest absolute Gasteiger partial charge is 0.407 e. The molecule has 1 rings (SSSR count). The van der Waals surface area contributed by atoms with Gasteiger partial charge in [-0.05, 0) is 11.6 Å². The molecule has 1 aromatic carbocycles. The Labute approximate surface area is 152 Å². The summed E-state index contributed by atoms with van der Waals surface area (Å²) in [6.07, 6.45) is -2.49. The van der Waals surface area contributed by atoms with E-state index in [0.29, 0.717) is 5.56 Å². The van der Waals surface area contributed by atoms with E-state index in [4.69, 9.17) is 4.74 Å². The van der Waals surface area contributed by atoms with Gasteiger partial charge in [-0.15, -0.1) is 0 Å². The monoisotopic (exact) mass is 384 g/mol. The quantitative estimate of drug-likeness (QED) is 0.304. The van der Waals surface area contributed by atoms with Gasteiger partial charge in [0, 0.05) is 20.2 Å². The van der Waals surface area contributed by atoms with Crippen molar-refractivity contribution in [3.05, 3.63) is 39.9 Å². The number of methoxy groups -OCH3 is 1. The van der Waals surface area contributed by atoms with Gasteiger partial charge in [0.15, 0.2) is 6.10 Å². The van der Waals surface area contributed by atoms with Gasteiger partial charge in [0.2, 0.25) is 0 Å². The zero-order valence-corrected chi connectivity index (χ0v) is 16.2. The lowest BCUT2D eigenvalue weighted by Gasteiger charge is -2.23. The summed E-state index contributed by atoms with van der Waals surface area (Å²) < 4.78 is 9.61. The molecule has 0 aliphatic carbocycles. The molecular formula is C16H24N2O7Si. The van der Waals surface area contributed by atoms with Crippen LogP contribution in [-0.4, -0.2) is 50.0 Å². The van der Waals surface area contributed by atoms with Crippen LogP contribution in [0, 0.1) is 10.1 Å². The van der Waals surface area contributed by atoms with Gasteiger partial charge in [-0.1, -0.05) is 31.8 Å². The van der Waals surface area contributed by atoms with Crippen LogP contribution in [0.2, 0.25) is 25.7 Å². The molecule has 0 radical (unpaired) electrons. The Morgan fingerprint density at radius 2 is 1.85 bits per heavy atom. The number of nitro benzene ring substituents is 1. The largest absolute Gasteiger partial charge is 0.467 e. The van der Waals surface area contributed by atoms with Crippen LogP contribution in [0.3, 0.4) is 0 Å². The van der Waals surface area contributed by atoms with Crippen molar-refractivity contribution in [2.75, 3.05) is 13.7 Å². The first-order valence-corrected chi connectivity index (χ1v) is 11.7. The van der Waals surface area contributed by atoms with Crippen LogP contribution in [0.15, 0.2) is 24.3 Å². The minimum absolute atomic E-state index is 0.155. The Morgan fingerprint density at radius 3 is 2.31 bits per heavy atom. The van der Waals surface area contributed by atoms with Gasteiger partial charge in [-0.2, -0.15) is 0 Å². The van der Waals surface area contributed by atoms with Crippen molar-refractivity contribution in [3.8, 4) is 0 Å². The first-order chi connectivity index (χ1) is 12.0. The summed E-state index contributed by atoms with van der Waals surface area (Å²) >= 11 is 0. The molecule has 144 valence electrons. The normalized spacial score (nSPS) is 13.4. The van der Waals surface area contributed by atoms with Gasteiger partial charge in [-0.3, -0.25) is 10.1 Å². The highest BCUT2D eigenvalue weighted by atomic mass is 28.3. The molecule has 0 aliphatic rings. The fourth-order valence-electron chi connectivity index (χ4n) is 2.02. The van der Waals surface area contributed by atoms with E-state index in [2.05, 4.69) is 29.7 Å². The molecule has 2 atom stereocenters. The molecule has 0 fully saturated rings. The molecule has 0 saturated heterocycles. The number of aliphatic hydroxyl groups is 1. The Morgan fingerprint density at radius 1 is 1.27 bits per heavy atom. The van der Waals surface area contributed by atoms with Crippen LogP contribution in [0.25, 0.3) is 0 Å². The predicted molar refractivity (Wildman–Crippen MR) is 96.5 cm³/mol. The van der Waals surface area contributed by atoms with Crippen molar-refractivity contribution in [2.45, 2.75) is 37.8 Å². The number of nitrogens with zero attached hydrogens (tertiary/aromatic N) is 1. The molecule has 10 heteroatoms. The third kappa shape index (κ3) is 6.80. The molecule has 0 spiro atoms. The minimum Gasteiger partial charge on any atom is -0.467 e. The molecule has 9 nitrogen and oxygen atoms in total. The lowest BCUT2D eigenvalue weighted by atomic mass is 10.0. The highest BCUT2D eigenvalue weighted by Crippen LogP contribution is 2.21. The zero-order chi connectivity index (χ0) is 19.9. The van der Waals surface area contributed by atoms with E-state index >= 15 is 0 Å². The summed E-state index contributed by atoms with van der Waals surface area (Å²) in [5.74, 6) is -0.948. The van der Waals surface area contributed by atoms with E-state index in [9.17, 15) is 24.8 Å². The maximum atomic E-state index is 12.0. The van der Waals surface area contributed by atoms with Crippen LogP contribution < -0.4 is 5.32 Å². The molecule has 0 unspecified atom stereocenters. The Bertz CT molecular complexity index is 643. The average Bonchev–Trinajstić information content (AvgIpc) is 2.57. The highest BCUT2D eigenvalue weighted by Gasteiger charge is 2.31. The van der Waals surface area contributed by atoms with E-state index < -0.39 is 37.2 Å². The number of esters is 1. The summed E-state index contributed by atoms with van der Waals surface area (Å²) in [5.41, 5.74) is 0.147. The van der Waals surface area contributed by atoms with Crippen LogP contribution in [0.4, 0.5) is 10.5 Å². The molecule has 1 aromatic rings. The molecule has 26 heavy (non-hydrogen) atoms. The van der Waals surface area contributed by atoms with E-state index in [-0.39, 0.29) is 12.3 Å². The van der Waals surface area contributed by atoms with Crippen molar-refractivity contribution in [1.82, 2.24) is 5.32 Å². The van der Waals surface area contributed by atoms with E-state index in [1.807, 2.05) is 0 Å². The number of rotatable bonds is 8. The number of alkyl carbamates (subject to hydrolysis) is 1. The van der Waals surface area contributed by atoms with Gasteiger partial charge in [0.05, 0.1) is 24.7 Å². The average molecular weight is 384 g/mol. The summed E-state index contributed by atoms with van der Waals surface area (Å²) in [6.45, 7) is 6.63. The number of non-ortho nitro benzene ring substituents is 1. The second-order valence-electron chi connectivity index (χ2n) is 6.89. The second-order valence-corrected chi connectivity index (χ2v) is 12.5. The van der Waals surface area contributed by atoms with Crippen molar-refractivity contribution in [3.63, 3.8) is 0 Å². The molecule has 0 aliphatic heterocycles. The summed E-state index contributed by atoms with van der Waals surface area (Å²) in [6, 6.07) is 4.72. The summed E-state index contributed by atoms with van der Waals surface area (Å²) in [5, 5.41) is 23.3. The number of aliphatic hydroxyl groups excluding tert-OH is 1. The van der Waals surface area contributed by atoms with Crippen molar-refractivity contribution in [2.24, 2.45) is 0 Å². The van der Waals surface area contributed by atoms with Gasteiger partial charge in [0.1, 0.15) is 0 Å². The number of carbonyl (C=O) groups is 2. The van der Waals surface area contributed by atoms with E-state index in [0.717, 1.165) is 13.2 Å². The number of nitrogens with one attached hydrogen (secondary N) is 1. The van der Waals surface area contributed by atoms with Crippen molar-refractivity contribution in [1.29, 1.82) is 0 Å². The first kappa shape index (κ1) is 21.6. The third-order valence-corrected chi connectivity index (χ3v) is 5.28. The molecule has 0 heterocycles. The number of carbonyl (C=O) groups excluding carboxylic acids is 2. The van der Waals surface area contributed by atoms with Gasteiger partial charge < -0.3 is 19.9 Å². The molecule has 0 saturated carbocycles. The Balaban J connectivity index is 2.90. The molecule has 2 N–H and O–H groups in total. The number of benzene rings is 1. The topological polar surface area (TPSA) is 128 Å². The van der Waals surface area contributed by atoms with Gasteiger partial charge in [0.25, 0.3) is 5.69 Å². The Kier molecular flexibility index (Phi) is 7.71. The SMILES string of the molecule is COC(=O)[C@@H](O)[C@H](NC(=O)OCC[Si](C)(C)C)c1ccc([N+](=O)[O-])cc1. The zero-order valence-electron chi connectivity index (χ0n) is 15.2. The fourth-order valence-corrected chi connectivity index (χ4v) is 2.74. The van der Waals surface area contributed by atoms with Crippen LogP contribution in [0.5, 0.6) is 0 Å². The molecular weight excluding hydrogens is 360 g/mol. The number of nitro groups is 1. The van der Waals surface area contributed by atoms with Crippen molar-refractivity contribution >= 4 is 25.8 Å². The van der Waals surface area contributed by atoms with Gasteiger partial charge in [-0.25, -0.2) is 9.59 Å². The molecule has 0 bridgehead atoms. The van der Waals surface area contributed by atoms with Crippen LogP contribution in [0.1, 0.15) is 11.6 Å². The van der Waals surface area contributed by atoms with E-state index in [1.54, 1.807) is 0 Å². The van der Waals surface area contributed by atoms with Crippen LogP contribution >= 0.6 is 0 Å². The molecule has 1 amide bonds. The number of hydrogen-bond donors (Lipinski definition) is 2. The lowest BCUT2D eigenvalue weighted by Crippen LogP contribution is -2.41. The second kappa shape index (κ2) is 9.29. The maximum Gasteiger partial charge on any atom is 0.407 e. The highest BCUT2D eigenvalue weighted by molar-refractivity contribution is 6.76. The third-order valence-electron chi connectivity index (χ3n) is 3.58. The number of hydrogen-bond acceptors (Lipinski definition) is 7. The molecule has 0 aromatic heterocycles. The Hall–Kier alpha value is -2.46. The minimum atomic E-state index is -1.69. The fraction of sp³-hybridized carbons (Fsp3) is 0.500. The summed E-state index contributed by atoms with van der Waals surface area (Å²) in [4.78, 5) is 33.8.